The number of aromatic nitrogens is 2. The van der Waals surface area contributed by atoms with E-state index in [0.717, 1.165) is 31.4 Å². The van der Waals surface area contributed by atoms with Crippen molar-refractivity contribution in [1.82, 2.24) is 15.3 Å². The average molecular weight is 352 g/mol. The molecule has 5 nitrogen and oxygen atoms in total. The SMILES string of the molecule is CCCCCNC(=O)c1cc(C)nc(Nc2ccc(F)c(F)c2F)n1. The first-order valence-corrected chi connectivity index (χ1v) is 7.96. The van der Waals surface area contributed by atoms with Gasteiger partial charge in [0.1, 0.15) is 5.69 Å². The van der Waals surface area contributed by atoms with Crippen LogP contribution in [0.4, 0.5) is 24.8 Å². The Kier molecular flexibility index (Phi) is 6.32. The van der Waals surface area contributed by atoms with Crippen molar-refractivity contribution >= 4 is 17.5 Å². The van der Waals surface area contributed by atoms with Crippen molar-refractivity contribution in [3.8, 4) is 0 Å². The van der Waals surface area contributed by atoms with E-state index in [9.17, 15) is 18.0 Å². The zero-order valence-electron chi connectivity index (χ0n) is 14.0. The minimum Gasteiger partial charge on any atom is -0.351 e. The molecule has 0 aliphatic heterocycles. The number of amides is 1. The number of benzene rings is 1. The van der Waals surface area contributed by atoms with Gasteiger partial charge in [0.05, 0.1) is 5.69 Å². The van der Waals surface area contributed by atoms with Gasteiger partial charge >= 0.3 is 0 Å². The van der Waals surface area contributed by atoms with Crippen LogP contribution < -0.4 is 10.6 Å². The summed E-state index contributed by atoms with van der Waals surface area (Å²) in [5, 5.41) is 5.21. The number of hydrogen-bond donors (Lipinski definition) is 2. The number of nitrogens with one attached hydrogen (secondary N) is 2. The highest BCUT2D eigenvalue weighted by Crippen LogP contribution is 2.22. The minimum atomic E-state index is -1.59. The van der Waals surface area contributed by atoms with Crippen LogP contribution in [0.2, 0.25) is 0 Å². The molecule has 0 unspecified atom stereocenters. The molecule has 0 atom stereocenters. The van der Waals surface area contributed by atoms with Crippen LogP contribution in [0.1, 0.15) is 42.4 Å². The number of rotatable bonds is 7. The molecule has 1 aromatic carbocycles. The molecule has 1 amide bonds. The fourth-order valence-corrected chi connectivity index (χ4v) is 2.15. The molecular weight excluding hydrogens is 333 g/mol. The summed E-state index contributed by atoms with van der Waals surface area (Å²) in [5.41, 5.74) is 0.257. The molecule has 0 spiro atoms. The minimum absolute atomic E-state index is 0.0800. The summed E-state index contributed by atoms with van der Waals surface area (Å²) in [7, 11) is 0. The summed E-state index contributed by atoms with van der Waals surface area (Å²) in [4.78, 5) is 20.2. The normalized spacial score (nSPS) is 10.6. The second-order valence-corrected chi connectivity index (χ2v) is 5.53. The molecule has 2 rings (SSSR count). The summed E-state index contributed by atoms with van der Waals surface area (Å²) >= 11 is 0. The summed E-state index contributed by atoms with van der Waals surface area (Å²) in [6, 6.07) is 3.31. The van der Waals surface area contributed by atoms with Crippen molar-refractivity contribution < 1.29 is 18.0 Å². The maximum atomic E-state index is 13.7. The number of halogens is 3. The van der Waals surface area contributed by atoms with Crippen LogP contribution in [0.25, 0.3) is 0 Å². The van der Waals surface area contributed by atoms with Crippen molar-refractivity contribution in [1.29, 1.82) is 0 Å². The number of anilines is 2. The molecule has 0 bridgehead atoms. The van der Waals surface area contributed by atoms with Gasteiger partial charge in [0, 0.05) is 12.2 Å². The lowest BCUT2D eigenvalue weighted by molar-refractivity contribution is 0.0948. The molecule has 134 valence electrons. The van der Waals surface area contributed by atoms with E-state index < -0.39 is 17.5 Å². The van der Waals surface area contributed by atoms with E-state index in [-0.39, 0.29) is 23.2 Å². The molecule has 0 radical (unpaired) electrons. The maximum Gasteiger partial charge on any atom is 0.270 e. The zero-order chi connectivity index (χ0) is 18.4. The van der Waals surface area contributed by atoms with Crippen LogP contribution >= 0.6 is 0 Å². The van der Waals surface area contributed by atoms with E-state index >= 15 is 0 Å². The van der Waals surface area contributed by atoms with Crippen molar-refractivity contribution in [3.63, 3.8) is 0 Å². The number of hydrogen-bond acceptors (Lipinski definition) is 4. The van der Waals surface area contributed by atoms with E-state index in [1.54, 1.807) is 6.92 Å². The van der Waals surface area contributed by atoms with Gasteiger partial charge in [-0.2, -0.15) is 0 Å². The molecule has 0 aliphatic rings. The third-order valence-electron chi connectivity index (χ3n) is 3.43. The molecule has 1 heterocycles. The molecule has 0 saturated carbocycles. The summed E-state index contributed by atoms with van der Waals surface area (Å²) < 4.78 is 40.0. The molecule has 2 N–H and O–H groups in total. The van der Waals surface area contributed by atoms with Crippen LogP contribution in [-0.4, -0.2) is 22.4 Å². The summed E-state index contributed by atoms with van der Waals surface area (Å²) in [6.07, 6.45) is 2.90. The van der Waals surface area contributed by atoms with Crippen molar-refractivity contribution in [2.75, 3.05) is 11.9 Å². The first kappa shape index (κ1) is 18.7. The number of nitrogens with zero attached hydrogens (tertiary/aromatic N) is 2. The predicted molar refractivity (Wildman–Crippen MR) is 88.2 cm³/mol. The second kappa shape index (κ2) is 8.46. The standard InChI is InChI=1S/C17H19F3N4O/c1-3-4-5-8-21-16(25)13-9-10(2)22-17(24-13)23-12-7-6-11(18)14(19)15(12)20/h6-7,9H,3-5,8H2,1-2H3,(H,21,25)(H,22,23,24). The number of unbranched alkanes of at least 4 members (excludes halogenated alkanes) is 2. The Labute approximate surface area is 143 Å². The van der Waals surface area contributed by atoms with Gasteiger partial charge in [-0.3, -0.25) is 4.79 Å². The maximum absolute atomic E-state index is 13.7. The van der Waals surface area contributed by atoms with Gasteiger partial charge < -0.3 is 10.6 Å². The average Bonchev–Trinajstić information content (AvgIpc) is 2.58. The molecule has 25 heavy (non-hydrogen) atoms. The number of carbonyl (C=O) groups excluding carboxylic acids is 1. The smallest absolute Gasteiger partial charge is 0.270 e. The monoisotopic (exact) mass is 352 g/mol. The third-order valence-corrected chi connectivity index (χ3v) is 3.43. The largest absolute Gasteiger partial charge is 0.351 e. The van der Waals surface area contributed by atoms with Gasteiger partial charge in [0.2, 0.25) is 5.95 Å². The summed E-state index contributed by atoms with van der Waals surface area (Å²) in [5.74, 6) is -4.72. The van der Waals surface area contributed by atoms with Crippen molar-refractivity contribution in [2.24, 2.45) is 0 Å². The van der Waals surface area contributed by atoms with E-state index in [4.69, 9.17) is 0 Å². The zero-order valence-corrected chi connectivity index (χ0v) is 14.0. The Morgan fingerprint density at radius 1 is 1.12 bits per heavy atom. The fraction of sp³-hybridized carbons (Fsp3) is 0.353. The van der Waals surface area contributed by atoms with Gasteiger partial charge in [0.25, 0.3) is 5.91 Å². The lowest BCUT2D eigenvalue weighted by atomic mass is 10.2. The fourth-order valence-electron chi connectivity index (χ4n) is 2.15. The molecule has 2 aromatic rings. The Bertz CT molecular complexity index is 768. The van der Waals surface area contributed by atoms with E-state index in [2.05, 4.69) is 27.5 Å². The number of carbonyl (C=O) groups is 1. The topological polar surface area (TPSA) is 66.9 Å². The molecule has 8 heteroatoms. The first-order valence-electron chi connectivity index (χ1n) is 7.96. The highest BCUT2D eigenvalue weighted by molar-refractivity contribution is 5.92. The van der Waals surface area contributed by atoms with Gasteiger partial charge in [-0.1, -0.05) is 19.8 Å². The van der Waals surface area contributed by atoms with Crippen LogP contribution in [-0.2, 0) is 0 Å². The number of aryl methyl sites for hydroxylation is 1. The van der Waals surface area contributed by atoms with Crippen LogP contribution in [0.3, 0.4) is 0 Å². The summed E-state index contributed by atoms with van der Waals surface area (Å²) in [6.45, 7) is 4.23. The van der Waals surface area contributed by atoms with Crippen LogP contribution in [0.5, 0.6) is 0 Å². The van der Waals surface area contributed by atoms with Crippen LogP contribution in [0.15, 0.2) is 18.2 Å². The van der Waals surface area contributed by atoms with Gasteiger partial charge in [0.15, 0.2) is 17.5 Å². The van der Waals surface area contributed by atoms with Crippen LogP contribution in [0, 0.1) is 24.4 Å². The van der Waals surface area contributed by atoms with Gasteiger partial charge in [-0.25, -0.2) is 23.1 Å². The Morgan fingerprint density at radius 2 is 1.88 bits per heavy atom. The Hall–Kier alpha value is -2.64. The molecular formula is C17H19F3N4O. The highest BCUT2D eigenvalue weighted by Gasteiger charge is 2.15. The van der Waals surface area contributed by atoms with Crippen molar-refractivity contribution in [2.45, 2.75) is 33.1 Å². The second-order valence-electron chi connectivity index (χ2n) is 5.53. The Morgan fingerprint density at radius 3 is 2.60 bits per heavy atom. The molecule has 0 saturated heterocycles. The van der Waals surface area contributed by atoms with Gasteiger partial charge in [-0.15, -0.1) is 0 Å². The quantitative estimate of drug-likeness (QED) is 0.586. The van der Waals surface area contributed by atoms with E-state index in [0.29, 0.717) is 12.2 Å². The molecule has 0 fully saturated rings. The van der Waals surface area contributed by atoms with E-state index in [1.807, 2.05) is 0 Å². The van der Waals surface area contributed by atoms with Gasteiger partial charge in [-0.05, 0) is 31.5 Å². The lowest BCUT2D eigenvalue weighted by Gasteiger charge is -2.10. The van der Waals surface area contributed by atoms with E-state index in [1.165, 1.54) is 6.07 Å². The first-order chi connectivity index (χ1) is 11.9. The highest BCUT2D eigenvalue weighted by atomic mass is 19.2. The molecule has 0 aliphatic carbocycles. The predicted octanol–water partition coefficient (Wildman–Crippen LogP) is 3.87. The Balaban J connectivity index is 2.16. The molecule has 1 aromatic heterocycles. The lowest BCUT2D eigenvalue weighted by Crippen LogP contribution is -2.26. The van der Waals surface area contributed by atoms with Crippen molar-refractivity contribution in [3.05, 3.63) is 47.0 Å². The third kappa shape index (κ3) is 4.91.